The van der Waals surface area contributed by atoms with Gasteiger partial charge in [-0.2, -0.15) is 0 Å². The molecule has 0 aliphatic rings. The molecule has 2 N–H and O–H groups in total. The zero-order valence-corrected chi connectivity index (χ0v) is 21.4. The number of esters is 2. The number of carbonyl (C=O) groups is 4. The van der Waals surface area contributed by atoms with E-state index in [9.17, 15) is 28.0 Å². The van der Waals surface area contributed by atoms with Crippen LogP contribution >= 0.6 is 0 Å². The van der Waals surface area contributed by atoms with E-state index in [-0.39, 0.29) is 35.7 Å². The first-order valence-electron chi connectivity index (χ1n) is 12.1. The Labute approximate surface area is 225 Å². The van der Waals surface area contributed by atoms with E-state index >= 15 is 0 Å². The molecule has 0 bridgehead atoms. The van der Waals surface area contributed by atoms with Crippen molar-refractivity contribution in [3.05, 3.63) is 77.8 Å². The number of nitrogens with one attached hydrogen (secondary N) is 2. The fourth-order valence-electron chi connectivity index (χ4n) is 3.91. The number of aromatic nitrogens is 3. The number of hydrogen-bond donors (Lipinski definition) is 2. The maximum atomic E-state index is 13.6. The number of aromatic amines is 2. The predicted molar refractivity (Wildman–Crippen MR) is 139 cm³/mol. The molecule has 3 heterocycles. The largest absolute Gasteiger partial charge is 0.461 e. The van der Waals surface area contributed by atoms with Crippen molar-refractivity contribution in [3.63, 3.8) is 0 Å². The van der Waals surface area contributed by atoms with Crippen molar-refractivity contribution in [1.82, 2.24) is 15.1 Å². The van der Waals surface area contributed by atoms with E-state index < -0.39 is 35.7 Å². The average molecular weight is 552 g/mol. The van der Waals surface area contributed by atoms with Crippen LogP contribution in [-0.2, 0) is 19.1 Å². The molecule has 40 heavy (non-hydrogen) atoms. The summed E-state index contributed by atoms with van der Waals surface area (Å²) in [7, 11) is 0. The highest BCUT2D eigenvalue weighted by Gasteiger charge is 2.22. The second-order valence-electron chi connectivity index (χ2n) is 8.26. The van der Waals surface area contributed by atoms with Crippen molar-refractivity contribution < 1.29 is 42.0 Å². The van der Waals surface area contributed by atoms with Crippen LogP contribution in [0.25, 0.3) is 33.1 Å². The highest BCUT2D eigenvalue weighted by molar-refractivity contribution is 6.38. The van der Waals surface area contributed by atoms with Gasteiger partial charge in [-0.1, -0.05) is 5.16 Å². The standard InChI is InChI=1S/C14H11FN2O3.C14H12FNO4/c1-2-19-14(18)11-7-12(20-17-11)9-3-4-10(15)8-5-6-16-13(8)9;1-2-20-14(19)12(18)7-11(17)9-3-4-10(15)8-5-6-16-13(8)9/h3-7,16H,2H2,1H3;3-6,16H,2,7H2,1H3. The molecule has 3 aromatic heterocycles. The molecule has 206 valence electrons. The molecule has 5 aromatic rings. The van der Waals surface area contributed by atoms with E-state index in [4.69, 9.17) is 9.26 Å². The fraction of sp³-hybridized carbons (Fsp3) is 0.179. The maximum Gasteiger partial charge on any atom is 0.375 e. The summed E-state index contributed by atoms with van der Waals surface area (Å²) in [6, 6.07) is 9.96. The number of Topliss-reactive ketones (excluding diaryl/α,β-unsaturated/α-hetero) is 2. The van der Waals surface area contributed by atoms with Gasteiger partial charge in [0.25, 0.3) is 0 Å². The maximum absolute atomic E-state index is 13.6. The summed E-state index contributed by atoms with van der Waals surface area (Å²) < 4.78 is 41.6. The van der Waals surface area contributed by atoms with Crippen LogP contribution in [0.15, 0.2) is 59.4 Å². The minimum Gasteiger partial charge on any atom is -0.461 e. The van der Waals surface area contributed by atoms with Crippen LogP contribution in [0.5, 0.6) is 0 Å². The lowest BCUT2D eigenvalue weighted by atomic mass is 10.0. The van der Waals surface area contributed by atoms with Crippen molar-refractivity contribution in [2.24, 2.45) is 0 Å². The topological polar surface area (TPSA) is 144 Å². The number of benzene rings is 2. The van der Waals surface area contributed by atoms with E-state index in [0.29, 0.717) is 27.7 Å². The number of ketones is 2. The lowest BCUT2D eigenvalue weighted by molar-refractivity contribution is -0.153. The van der Waals surface area contributed by atoms with E-state index in [1.165, 1.54) is 30.5 Å². The highest BCUT2D eigenvalue weighted by atomic mass is 19.1. The quantitative estimate of drug-likeness (QED) is 0.117. The molecule has 2 aromatic carbocycles. The van der Waals surface area contributed by atoms with Crippen LogP contribution < -0.4 is 0 Å². The van der Waals surface area contributed by atoms with Gasteiger partial charge < -0.3 is 24.0 Å². The van der Waals surface area contributed by atoms with E-state index in [1.54, 1.807) is 32.2 Å². The van der Waals surface area contributed by atoms with Crippen LogP contribution in [0.1, 0.15) is 41.1 Å². The first-order valence-corrected chi connectivity index (χ1v) is 12.1. The zero-order valence-electron chi connectivity index (χ0n) is 21.4. The van der Waals surface area contributed by atoms with Crippen LogP contribution in [0.4, 0.5) is 8.78 Å². The van der Waals surface area contributed by atoms with Gasteiger partial charge in [0.15, 0.2) is 17.2 Å². The Kier molecular flexibility index (Phi) is 8.48. The lowest BCUT2D eigenvalue weighted by Gasteiger charge is -2.03. The number of fused-ring (bicyclic) bond motifs is 2. The normalized spacial score (nSPS) is 10.7. The van der Waals surface area contributed by atoms with Gasteiger partial charge in [-0.15, -0.1) is 0 Å². The molecule has 0 spiro atoms. The summed E-state index contributed by atoms with van der Waals surface area (Å²) in [5.74, 6) is -3.47. The number of halogens is 2. The minimum absolute atomic E-state index is 0.0657. The van der Waals surface area contributed by atoms with Gasteiger partial charge in [-0.25, -0.2) is 18.4 Å². The van der Waals surface area contributed by atoms with Gasteiger partial charge in [0, 0.05) is 40.4 Å². The van der Waals surface area contributed by atoms with Crippen molar-refractivity contribution in [2.45, 2.75) is 20.3 Å². The van der Waals surface area contributed by atoms with Gasteiger partial charge in [-0.05, 0) is 50.2 Å². The van der Waals surface area contributed by atoms with Crippen molar-refractivity contribution in [2.75, 3.05) is 13.2 Å². The van der Waals surface area contributed by atoms with Crippen molar-refractivity contribution >= 4 is 45.3 Å². The summed E-state index contributed by atoms with van der Waals surface area (Å²) in [5, 5.41) is 4.39. The fourth-order valence-corrected chi connectivity index (χ4v) is 3.91. The third kappa shape index (κ3) is 5.80. The third-order valence-electron chi connectivity index (χ3n) is 5.72. The van der Waals surface area contributed by atoms with E-state index in [0.717, 1.165) is 6.07 Å². The Hall–Kier alpha value is -5.13. The van der Waals surface area contributed by atoms with Crippen LogP contribution in [-0.4, -0.2) is 51.8 Å². The Morgan fingerprint density at radius 2 is 1.48 bits per heavy atom. The van der Waals surface area contributed by atoms with Gasteiger partial charge >= 0.3 is 11.9 Å². The Morgan fingerprint density at radius 3 is 2.15 bits per heavy atom. The molecule has 5 rings (SSSR count). The van der Waals surface area contributed by atoms with Gasteiger partial charge in [-0.3, -0.25) is 9.59 Å². The Balaban J connectivity index is 0.000000185. The molecule has 0 saturated heterocycles. The van der Waals surface area contributed by atoms with Crippen LogP contribution in [0, 0.1) is 11.6 Å². The zero-order chi connectivity index (χ0) is 28.8. The summed E-state index contributed by atoms with van der Waals surface area (Å²) >= 11 is 0. The van der Waals surface area contributed by atoms with Gasteiger partial charge in [0.1, 0.15) is 11.6 Å². The molecule has 0 amide bonds. The van der Waals surface area contributed by atoms with Gasteiger partial charge in [0.2, 0.25) is 5.78 Å². The summed E-state index contributed by atoms with van der Waals surface area (Å²) in [4.78, 5) is 51.9. The van der Waals surface area contributed by atoms with Gasteiger partial charge in [0.05, 0.1) is 30.7 Å². The summed E-state index contributed by atoms with van der Waals surface area (Å²) in [6.45, 7) is 3.60. The first kappa shape index (κ1) is 27.9. The smallest absolute Gasteiger partial charge is 0.375 e. The van der Waals surface area contributed by atoms with Crippen LogP contribution in [0.2, 0.25) is 0 Å². The van der Waals surface area contributed by atoms with E-state index in [2.05, 4.69) is 19.9 Å². The second-order valence-corrected chi connectivity index (χ2v) is 8.26. The third-order valence-corrected chi connectivity index (χ3v) is 5.72. The number of ether oxygens (including phenoxy) is 2. The van der Waals surface area contributed by atoms with E-state index in [1.807, 2.05) is 0 Å². The number of rotatable bonds is 8. The Morgan fingerprint density at radius 1 is 0.850 bits per heavy atom. The molecule has 0 saturated carbocycles. The molecule has 0 aliphatic heterocycles. The summed E-state index contributed by atoms with van der Waals surface area (Å²) in [5.41, 5.74) is 1.80. The first-order chi connectivity index (χ1) is 19.2. The molecule has 10 nitrogen and oxygen atoms in total. The van der Waals surface area contributed by atoms with Crippen molar-refractivity contribution in [3.8, 4) is 11.3 Å². The van der Waals surface area contributed by atoms with Crippen molar-refractivity contribution in [1.29, 1.82) is 0 Å². The monoisotopic (exact) mass is 551 g/mol. The molecule has 0 aliphatic carbocycles. The summed E-state index contributed by atoms with van der Waals surface area (Å²) in [6.07, 6.45) is 2.54. The molecule has 0 radical (unpaired) electrons. The molecular formula is C28H23F2N3O7. The molecule has 0 atom stereocenters. The number of carbonyl (C=O) groups excluding carboxylic acids is 4. The number of H-pyrrole nitrogens is 2. The van der Waals surface area contributed by atoms with Crippen LogP contribution in [0.3, 0.4) is 0 Å². The molecule has 12 heteroatoms. The minimum atomic E-state index is -1.04. The SMILES string of the molecule is CCOC(=O)C(=O)CC(=O)c1ccc(F)c2cc[nH]c12.CCOC(=O)c1cc(-c2ccc(F)c3cc[nH]c23)on1. The predicted octanol–water partition coefficient (Wildman–Crippen LogP) is 5.15. The molecule has 0 unspecified atom stereocenters. The lowest BCUT2D eigenvalue weighted by Crippen LogP contribution is -2.20. The molecule has 0 fully saturated rings. The number of hydrogen-bond acceptors (Lipinski definition) is 8. The Bertz CT molecular complexity index is 1720. The highest BCUT2D eigenvalue weighted by Crippen LogP contribution is 2.30. The second kappa shape index (κ2) is 12.2. The molecular weight excluding hydrogens is 528 g/mol. The average Bonchev–Trinajstić information content (AvgIpc) is 3.71. The number of nitrogens with zero attached hydrogens (tertiary/aromatic N) is 1.